The first-order valence-electron chi connectivity index (χ1n) is 5.95. The fourth-order valence-electron chi connectivity index (χ4n) is 1.83. The highest BCUT2D eigenvalue weighted by Gasteiger charge is 2.11. The highest BCUT2D eigenvalue weighted by atomic mass is 35.5. The Morgan fingerprint density at radius 3 is 2.47 bits per heavy atom. The van der Waals surface area contributed by atoms with E-state index in [0.717, 1.165) is 22.2 Å². The van der Waals surface area contributed by atoms with Crippen molar-refractivity contribution < 1.29 is 4.74 Å². The number of benzene rings is 1. The summed E-state index contributed by atoms with van der Waals surface area (Å²) in [6.45, 7) is 1.31. The first-order chi connectivity index (χ1) is 9.24. The van der Waals surface area contributed by atoms with Gasteiger partial charge in [0.25, 0.3) is 0 Å². The van der Waals surface area contributed by atoms with E-state index in [0.29, 0.717) is 25.5 Å². The smallest absolute Gasteiger partial charge is 0.148 e. The molecule has 0 radical (unpaired) electrons. The van der Waals surface area contributed by atoms with E-state index < -0.39 is 0 Å². The summed E-state index contributed by atoms with van der Waals surface area (Å²) >= 11 is 11.7. The van der Waals surface area contributed by atoms with Crippen LogP contribution in [0.2, 0.25) is 5.02 Å². The van der Waals surface area contributed by atoms with Crippen LogP contribution in [0.15, 0.2) is 24.3 Å². The molecule has 1 heterocycles. The lowest BCUT2D eigenvalue weighted by Gasteiger charge is -2.08. The van der Waals surface area contributed by atoms with Gasteiger partial charge in [0.2, 0.25) is 0 Å². The number of rotatable bonds is 6. The van der Waals surface area contributed by atoms with E-state index in [1.807, 2.05) is 28.8 Å². The maximum Gasteiger partial charge on any atom is 0.148 e. The second-order valence-corrected chi connectivity index (χ2v) is 4.82. The Hall–Kier alpha value is -1.10. The van der Waals surface area contributed by atoms with Gasteiger partial charge < -0.3 is 9.30 Å². The third-order valence-corrected chi connectivity index (χ3v) is 3.31. The van der Waals surface area contributed by atoms with Crippen LogP contribution in [0.4, 0.5) is 0 Å². The van der Waals surface area contributed by atoms with E-state index in [4.69, 9.17) is 27.9 Å². The monoisotopic (exact) mass is 299 g/mol. The fourth-order valence-corrected chi connectivity index (χ4v) is 2.15. The van der Waals surface area contributed by atoms with Gasteiger partial charge in [-0.2, -0.15) is 0 Å². The molecule has 0 aliphatic carbocycles. The van der Waals surface area contributed by atoms with Gasteiger partial charge in [-0.05, 0) is 17.7 Å². The van der Waals surface area contributed by atoms with Gasteiger partial charge in [-0.25, -0.2) is 0 Å². The van der Waals surface area contributed by atoms with E-state index in [9.17, 15) is 0 Å². The van der Waals surface area contributed by atoms with Gasteiger partial charge in [0.15, 0.2) is 0 Å². The summed E-state index contributed by atoms with van der Waals surface area (Å²) in [5.41, 5.74) is 1.14. The Labute approximate surface area is 122 Å². The molecule has 6 heteroatoms. The van der Waals surface area contributed by atoms with Crippen molar-refractivity contribution in [3.63, 3.8) is 0 Å². The number of nitrogens with zero attached hydrogens (tertiary/aromatic N) is 3. The first-order valence-corrected chi connectivity index (χ1v) is 6.86. The lowest BCUT2D eigenvalue weighted by atomic mass is 10.1. The van der Waals surface area contributed by atoms with Crippen molar-refractivity contribution in [3.05, 3.63) is 46.5 Å². The van der Waals surface area contributed by atoms with Crippen molar-refractivity contribution >= 4 is 23.2 Å². The maximum atomic E-state index is 5.87. The lowest BCUT2D eigenvalue weighted by Crippen LogP contribution is -2.11. The molecule has 2 rings (SSSR count). The predicted octanol–water partition coefficient (Wildman–Crippen LogP) is 2.91. The molecule has 2 aromatic rings. The van der Waals surface area contributed by atoms with Crippen molar-refractivity contribution in [1.82, 2.24) is 14.8 Å². The van der Waals surface area contributed by atoms with Crippen LogP contribution in [0, 0.1) is 0 Å². The minimum atomic E-state index is 0.345. The van der Waals surface area contributed by atoms with Crippen LogP contribution < -0.4 is 0 Å². The van der Waals surface area contributed by atoms with Gasteiger partial charge in [-0.15, -0.1) is 21.8 Å². The number of methoxy groups -OCH3 is 1. The summed E-state index contributed by atoms with van der Waals surface area (Å²) in [5.74, 6) is 2.00. The van der Waals surface area contributed by atoms with Crippen molar-refractivity contribution in [3.8, 4) is 0 Å². The van der Waals surface area contributed by atoms with Crippen molar-refractivity contribution in [2.24, 2.45) is 0 Å². The van der Waals surface area contributed by atoms with Crippen molar-refractivity contribution in [1.29, 1.82) is 0 Å². The topological polar surface area (TPSA) is 39.9 Å². The number of ether oxygens (including phenoxy) is 1. The molecule has 1 aromatic carbocycles. The summed E-state index contributed by atoms with van der Waals surface area (Å²) < 4.78 is 7.10. The van der Waals surface area contributed by atoms with E-state index >= 15 is 0 Å². The minimum absolute atomic E-state index is 0.345. The number of halogens is 2. The highest BCUT2D eigenvalue weighted by molar-refractivity contribution is 6.30. The van der Waals surface area contributed by atoms with E-state index in [1.54, 1.807) is 7.11 Å². The Bertz CT molecular complexity index is 525. The van der Waals surface area contributed by atoms with Crippen LogP contribution in [0.25, 0.3) is 0 Å². The van der Waals surface area contributed by atoms with Gasteiger partial charge in [0, 0.05) is 25.1 Å². The predicted molar refractivity (Wildman–Crippen MR) is 75.7 cm³/mol. The SMILES string of the molecule is COCCn1c(CCl)nnc1Cc1ccc(Cl)cc1. The van der Waals surface area contributed by atoms with Crippen LogP contribution in [0.3, 0.4) is 0 Å². The number of alkyl halides is 1. The quantitative estimate of drug-likeness (QED) is 0.770. The second kappa shape index (κ2) is 6.89. The lowest BCUT2D eigenvalue weighted by molar-refractivity contribution is 0.185. The van der Waals surface area contributed by atoms with E-state index in [-0.39, 0.29) is 0 Å². The molecular weight excluding hydrogens is 285 g/mol. The molecule has 19 heavy (non-hydrogen) atoms. The summed E-state index contributed by atoms with van der Waals surface area (Å²) in [7, 11) is 1.67. The molecule has 102 valence electrons. The van der Waals surface area contributed by atoms with Gasteiger partial charge in [0.1, 0.15) is 11.6 Å². The van der Waals surface area contributed by atoms with Crippen LogP contribution in [-0.2, 0) is 23.6 Å². The summed E-state index contributed by atoms with van der Waals surface area (Å²) in [4.78, 5) is 0. The molecule has 0 amide bonds. The fraction of sp³-hybridized carbons (Fsp3) is 0.385. The van der Waals surface area contributed by atoms with Gasteiger partial charge in [-0.3, -0.25) is 0 Å². The van der Waals surface area contributed by atoms with Crippen LogP contribution in [0.1, 0.15) is 17.2 Å². The zero-order valence-corrected chi connectivity index (χ0v) is 12.2. The average Bonchev–Trinajstić information content (AvgIpc) is 2.81. The third kappa shape index (κ3) is 3.69. The largest absolute Gasteiger partial charge is 0.383 e. The number of hydrogen-bond donors (Lipinski definition) is 0. The number of aromatic nitrogens is 3. The Morgan fingerprint density at radius 1 is 1.16 bits per heavy atom. The van der Waals surface area contributed by atoms with Crippen molar-refractivity contribution in [2.75, 3.05) is 13.7 Å². The third-order valence-electron chi connectivity index (χ3n) is 2.82. The normalized spacial score (nSPS) is 10.9. The standard InChI is InChI=1S/C13H15Cl2N3O/c1-19-7-6-18-12(16-17-13(18)9-14)8-10-2-4-11(15)5-3-10/h2-5H,6-9H2,1H3. The zero-order chi connectivity index (χ0) is 13.7. The van der Waals surface area contributed by atoms with Crippen molar-refractivity contribution in [2.45, 2.75) is 18.8 Å². The Morgan fingerprint density at radius 2 is 1.84 bits per heavy atom. The van der Waals surface area contributed by atoms with Crippen LogP contribution in [0.5, 0.6) is 0 Å². The van der Waals surface area contributed by atoms with Gasteiger partial charge >= 0.3 is 0 Å². The molecule has 0 fully saturated rings. The average molecular weight is 300 g/mol. The molecular formula is C13H15Cl2N3O. The number of hydrogen-bond acceptors (Lipinski definition) is 3. The molecule has 4 nitrogen and oxygen atoms in total. The molecule has 0 aliphatic rings. The molecule has 1 aromatic heterocycles. The van der Waals surface area contributed by atoms with E-state index in [1.165, 1.54) is 0 Å². The summed E-state index contributed by atoms with van der Waals surface area (Å²) in [6, 6.07) is 7.71. The van der Waals surface area contributed by atoms with E-state index in [2.05, 4.69) is 10.2 Å². The van der Waals surface area contributed by atoms with Gasteiger partial charge in [0.05, 0.1) is 12.5 Å². The summed E-state index contributed by atoms with van der Waals surface area (Å²) in [6.07, 6.45) is 0.699. The molecule has 0 N–H and O–H groups in total. The Kier molecular flexibility index (Phi) is 5.19. The van der Waals surface area contributed by atoms with Crippen LogP contribution >= 0.6 is 23.2 Å². The summed E-state index contributed by atoms with van der Waals surface area (Å²) in [5, 5.41) is 9.03. The maximum absolute atomic E-state index is 5.87. The molecule has 0 atom stereocenters. The molecule has 0 unspecified atom stereocenters. The Balaban J connectivity index is 2.19. The molecule has 0 spiro atoms. The van der Waals surface area contributed by atoms with Gasteiger partial charge in [-0.1, -0.05) is 23.7 Å². The first kappa shape index (κ1) is 14.3. The second-order valence-electron chi connectivity index (χ2n) is 4.11. The highest BCUT2D eigenvalue weighted by Crippen LogP contribution is 2.14. The molecule has 0 saturated heterocycles. The molecule has 0 saturated carbocycles. The molecule has 0 aliphatic heterocycles. The minimum Gasteiger partial charge on any atom is -0.383 e. The molecule has 0 bridgehead atoms. The van der Waals surface area contributed by atoms with Crippen LogP contribution in [-0.4, -0.2) is 28.5 Å². The zero-order valence-electron chi connectivity index (χ0n) is 10.6.